The van der Waals surface area contributed by atoms with E-state index >= 15 is 0 Å². The van der Waals surface area contributed by atoms with Crippen LogP contribution < -0.4 is 10.2 Å². The lowest BCUT2D eigenvalue weighted by Crippen LogP contribution is -2.32. The van der Waals surface area contributed by atoms with Crippen LogP contribution in [0.5, 0.6) is 0 Å². The highest BCUT2D eigenvalue weighted by atomic mass is 16.5. The number of anilines is 1. The van der Waals surface area contributed by atoms with Crippen molar-refractivity contribution in [1.29, 1.82) is 0 Å². The Balaban J connectivity index is 2.81. The van der Waals surface area contributed by atoms with Gasteiger partial charge in [0.25, 0.3) is 0 Å². The molecule has 0 fully saturated rings. The van der Waals surface area contributed by atoms with Crippen LogP contribution in [-0.4, -0.2) is 52.6 Å². The first-order valence-electron chi connectivity index (χ1n) is 6.14. The maximum atomic E-state index is 5.15. The van der Waals surface area contributed by atoms with E-state index in [0.29, 0.717) is 13.2 Å². The summed E-state index contributed by atoms with van der Waals surface area (Å²) in [5, 5.41) is 3.16. The van der Waals surface area contributed by atoms with Crippen molar-refractivity contribution in [2.45, 2.75) is 6.54 Å². The molecule has 18 heavy (non-hydrogen) atoms. The van der Waals surface area contributed by atoms with Gasteiger partial charge in [-0.3, -0.25) is 0 Å². The molecule has 0 bridgehead atoms. The van der Waals surface area contributed by atoms with E-state index in [4.69, 9.17) is 9.47 Å². The summed E-state index contributed by atoms with van der Waals surface area (Å²) >= 11 is 0. The highest BCUT2D eigenvalue weighted by Gasteiger charge is 2.11. The van der Waals surface area contributed by atoms with Gasteiger partial charge in [-0.15, -0.1) is 0 Å². The van der Waals surface area contributed by atoms with Gasteiger partial charge in [0.05, 0.1) is 13.2 Å². The Morgan fingerprint density at radius 1 is 1.22 bits per heavy atom. The van der Waals surface area contributed by atoms with E-state index in [1.54, 1.807) is 14.2 Å². The molecule has 0 saturated carbocycles. The van der Waals surface area contributed by atoms with Gasteiger partial charge in [-0.25, -0.2) is 4.98 Å². The fourth-order valence-electron chi connectivity index (χ4n) is 1.77. The first-order valence-corrected chi connectivity index (χ1v) is 6.14. The highest BCUT2D eigenvalue weighted by Crippen LogP contribution is 2.16. The van der Waals surface area contributed by atoms with Crippen molar-refractivity contribution in [1.82, 2.24) is 10.3 Å². The van der Waals surface area contributed by atoms with Gasteiger partial charge in [-0.2, -0.15) is 0 Å². The van der Waals surface area contributed by atoms with E-state index in [0.717, 1.165) is 25.5 Å². The molecule has 0 amide bonds. The number of nitrogens with one attached hydrogen (secondary N) is 1. The SMILES string of the molecule is CNCc1cccnc1N(CCOC)CCOC. The Labute approximate surface area is 109 Å². The minimum absolute atomic E-state index is 0.680. The van der Waals surface area contributed by atoms with Crippen LogP contribution in [0.3, 0.4) is 0 Å². The van der Waals surface area contributed by atoms with E-state index in [9.17, 15) is 0 Å². The molecule has 0 radical (unpaired) electrons. The number of hydrogen-bond acceptors (Lipinski definition) is 5. The molecule has 0 aliphatic rings. The van der Waals surface area contributed by atoms with E-state index < -0.39 is 0 Å². The maximum Gasteiger partial charge on any atom is 0.133 e. The van der Waals surface area contributed by atoms with Crippen molar-refractivity contribution < 1.29 is 9.47 Å². The molecule has 0 aliphatic carbocycles. The Hall–Kier alpha value is -1.17. The fraction of sp³-hybridized carbons (Fsp3) is 0.615. The molecule has 5 heteroatoms. The molecule has 1 aromatic heterocycles. The number of hydrogen-bond donors (Lipinski definition) is 1. The van der Waals surface area contributed by atoms with Crippen molar-refractivity contribution in [2.24, 2.45) is 0 Å². The largest absolute Gasteiger partial charge is 0.383 e. The van der Waals surface area contributed by atoms with Gasteiger partial charge in [0, 0.05) is 45.6 Å². The molecule has 0 spiro atoms. The zero-order chi connectivity index (χ0) is 13.2. The van der Waals surface area contributed by atoms with Crippen molar-refractivity contribution in [3.63, 3.8) is 0 Å². The van der Waals surface area contributed by atoms with Gasteiger partial charge < -0.3 is 19.7 Å². The van der Waals surface area contributed by atoms with Gasteiger partial charge in [0.15, 0.2) is 0 Å². The van der Waals surface area contributed by atoms with Crippen LogP contribution >= 0.6 is 0 Å². The number of rotatable bonds is 9. The van der Waals surface area contributed by atoms with Gasteiger partial charge in [-0.1, -0.05) is 6.07 Å². The van der Waals surface area contributed by atoms with E-state index in [-0.39, 0.29) is 0 Å². The maximum absolute atomic E-state index is 5.15. The summed E-state index contributed by atoms with van der Waals surface area (Å²) in [6.45, 7) is 3.79. The molecular weight excluding hydrogens is 230 g/mol. The molecule has 0 unspecified atom stereocenters. The van der Waals surface area contributed by atoms with Gasteiger partial charge >= 0.3 is 0 Å². The summed E-state index contributed by atoms with van der Waals surface area (Å²) in [4.78, 5) is 6.67. The van der Waals surface area contributed by atoms with Crippen LogP contribution in [0.4, 0.5) is 5.82 Å². The minimum Gasteiger partial charge on any atom is -0.383 e. The predicted molar refractivity (Wildman–Crippen MR) is 73.0 cm³/mol. The first kappa shape index (κ1) is 14.9. The molecular formula is C13H23N3O2. The standard InChI is InChI=1S/C13H23N3O2/c1-14-11-12-5-4-6-15-13(12)16(7-9-17-2)8-10-18-3/h4-6,14H,7-11H2,1-3H3. The summed E-state index contributed by atoms with van der Waals surface area (Å²) in [6.07, 6.45) is 1.82. The second-order valence-electron chi connectivity index (χ2n) is 3.99. The lowest BCUT2D eigenvalue weighted by Gasteiger charge is -2.25. The van der Waals surface area contributed by atoms with Crippen molar-refractivity contribution >= 4 is 5.82 Å². The molecule has 1 heterocycles. The first-order chi connectivity index (χ1) is 8.83. The second kappa shape index (κ2) is 8.85. The molecule has 0 aliphatic heterocycles. The Morgan fingerprint density at radius 3 is 2.44 bits per heavy atom. The average Bonchev–Trinajstić information content (AvgIpc) is 2.40. The molecule has 5 nitrogen and oxygen atoms in total. The Kier molecular flexibility index (Phi) is 7.32. The van der Waals surface area contributed by atoms with Crippen molar-refractivity contribution in [3.05, 3.63) is 23.9 Å². The number of ether oxygens (including phenoxy) is 2. The van der Waals surface area contributed by atoms with Crippen LogP contribution in [0, 0.1) is 0 Å². The quantitative estimate of drug-likeness (QED) is 0.708. The Bertz CT molecular complexity index is 326. The predicted octanol–water partition coefficient (Wildman–Crippen LogP) is 0.900. The molecule has 0 saturated heterocycles. The summed E-state index contributed by atoms with van der Waals surface area (Å²) in [7, 11) is 5.36. The Morgan fingerprint density at radius 2 is 1.89 bits per heavy atom. The number of methoxy groups -OCH3 is 2. The third kappa shape index (κ3) is 4.60. The summed E-state index contributed by atoms with van der Waals surface area (Å²) in [5.41, 5.74) is 1.19. The number of pyridine rings is 1. The molecule has 102 valence electrons. The summed E-state index contributed by atoms with van der Waals surface area (Å²) in [5.74, 6) is 1.00. The summed E-state index contributed by atoms with van der Waals surface area (Å²) in [6, 6.07) is 4.05. The lowest BCUT2D eigenvalue weighted by molar-refractivity contribution is 0.190. The molecule has 0 aromatic carbocycles. The van der Waals surface area contributed by atoms with Crippen molar-refractivity contribution in [2.75, 3.05) is 52.5 Å². The van der Waals surface area contributed by atoms with Gasteiger partial charge in [0.1, 0.15) is 5.82 Å². The third-order valence-corrected chi connectivity index (χ3v) is 2.66. The summed E-state index contributed by atoms with van der Waals surface area (Å²) < 4.78 is 10.3. The monoisotopic (exact) mass is 253 g/mol. The van der Waals surface area contributed by atoms with Crippen LogP contribution in [0.15, 0.2) is 18.3 Å². The molecule has 1 rings (SSSR count). The van der Waals surface area contributed by atoms with E-state index in [2.05, 4.69) is 21.3 Å². The second-order valence-corrected chi connectivity index (χ2v) is 3.99. The van der Waals surface area contributed by atoms with Crippen LogP contribution in [0.25, 0.3) is 0 Å². The smallest absolute Gasteiger partial charge is 0.133 e. The number of nitrogens with zero attached hydrogens (tertiary/aromatic N) is 2. The van der Waals surface area contributed by atoms with Gasteiger partial charge in [-0.05, 0) is 13.1 Å². The highest BCUT2D eigenvalue weighted by molar-refractivity contribution is 5.46. The normalized spacial score (nSPS) is 10.6. The molecule has 1 aromatic rings. The number of aromatic nitrogens is 1. The van der Waals surface area contributed by atoms with Gasteiger partial charge in [0.2, 0.25) is 0 Å². The third-order valence-electron chi connectivity index (χ3n) is 2.66. The van der Waals surface area contributed by atoms with E-state index in [1.165, 1.54) is 5.56 Å². The lowest BCUT2D eigenvalue weighted by atomic mass is 10.2. The topological polar surface area (TPSA) is 46.6 Å². The van der Waals surface area contributed by atoms with Crippen LogP contribution in [0.1, 0.15) is 5.56 Å². The van der Waals surface area contributed by atoms with Crippen LogP contribution in [0.2, 0.25) is 0 Å². The molecule has 0 atom stereocenters. The van der Waals surface area contributed by atoms with Crippen LogP contribution in [-0.2, 0) is 16.0 Å². The zero-order valence-electron chi connectivity index (χ0n) is 11.5. The zero-order valence-corrected chi connectivity index (χ0v) is 11.5. The average molecular weight is 253 g/mol. The van der Waals surface area contributed by atoms with E-state index in [1.807, 2.05) is 19.3 Å². The molecule has 1 N–H and O–H groups in total. The van der Waals surface area contributed by atoms with Crippen molar-refractivity contribution in [3.8, 4) is 0 Å². The minimum atomic E-state index is 0.680. The fourth-order valence-corrected chi connectivity index (χ4v) is 1.77.